The van der Waals surface area contributed by atoms with Gasteiger partial charge in [-0.15, -0.1) is 0 Å². The van der Waals surface area contributed by atoms with Gasteiger partial charge in [0.05, 0.1) is 18.6 Å². The van der Waals surface area contributed by atoms with Gasteiger partial charge in [0, 0.05) is 5.02 Å². The predicted molar refractivity (Wildman–Crippen MR) is 78.7 cm³/mol. The molecule has 1 aromatic rings. The Labute approximate surface area is 123 Å². The molecule has 18 heavy (non-hydrogen) atoms. The maximum atomic E-state index is 5.96. The molecule has 0 atom stereocenters. The molecule has 0 aliphatic rings. The van der Waals surface area contributed by atoms with Crippen LogP contribution in [0.5, 0.6) is 5.75 Å². The van der Waals surface area contributed by atoms with Gasteiger partial charge in [0.2, 0.25) is 0 Å². The van der Waals surface area contributed by atoms with E-state index in [4.69, 9.17) is 16.3 Å². The lowest BCUT2D eigenvalue weighted by molar-refractivity contribution is -0.874. The van der Waals surface area contributed by atoms with Crippen molar-refractivity contribution in [3.8, 4) is 5.75 Å². The van der Waals surface area contributed by atoms with Gasteiger partial charge >= 0.3 is 0 Å². The lowest BCUT2D eigenvalue weighted by Gasteiger charge is -2.11. The van der Waals surface area contributed by atoms with Gasteiger partial charge in [0.15, 0.2) is 0 Å². The summed E-state index contributed by atoms with van der Waals surface area (Å²) < 4.78 is 6.71. The molecular formula is C13H22BrClN2O+2. The lowest BCUT2D eigenvalue weighted by atomic mass is 10.2. The molecule has 0 aromatic heterocycles. The van der Waals surface area contributed by atoms with Crippen LogP contribution in [0.1, 0.15) is 5.56 Å². The third-order valence-corrected chi connectivity index (χ3v) is 3.42. The van der Waals surface area contributed by atoms with E-state index >= 15 is 0 Å². The van der Waals surface area contributed by atoms with Gasteiger partial charge in [-0.1, -0.05) is 11.6 Å². The molecule has 3 nitrogen and oxygen atoms in total. The van der Waals surface area contributed by atoms with Crippen molar-refractivity contribution in [2.75, 3.05) is 40.3 Å². The second-order valence-electron chi connectivity index (χ2n) is 4.71. The van der Waals surface area contributed by atoms with Gasteiger partial charge in [-0.2, -0.15) is 0 Å². The average Bonchev–Trinajstić information content (AvgIpc) is 2.25. The third-order valence-electron chi connectivity index (χ3n) is 2.61. The highest BCUT2D eigenvalue weighted by atomic mass is 79.9. The Hall–Kier alpha value is -0.290. The number of nitrogens with two attached hydrogens (primary N) is 1. The molecule has 3 N–H and O–H groups in total. The Morgan fingerprint density at radius 3 is 2.67 bits per heavy atom. The van der Waals surface area contributed by atoms with Crippen LogP contribution in [0.3, 0.4) is 0 Å². The number of hydrogen-bond donors (Lipinski definition) is 2. The van der Waals surface area contributed by atoms with Gasteiger partial charge in [0.1, 0.15) is 32.0 Å². The van der Waals surface area contributed by atoms with E-state index < -0.39 is 0 Å². The summed E-state index contributed by atoms with van der Waals surface area (Å²) in [6, 6.07) is 3.78. The molecule has 0 radical (unpaired) electrons. The molecule has 5 heteroatoms. The van der Waals surface area contributed by atoms with Gasteiger partial charge in [-0.05, 0) is 40.5 Å². The molecule has 0 unspecified atom stereocenters. The fourth-order valence-electron chi connectivity index (χ4n) is 1.65. The quantitative estimate of drug-likeness (QED) is 0.697. The van der Waals surface area contributed by atoms with Crippen LogP contribution in [-0.2, 0) is 0 Å². The molecule has 1 aromatic carbocycles. The van der Waals surface area contributed by atoms with E-state index in [2.05, 4.69) is 35.3 Å². The molecule has 0 spiro atoms. The Bertz CT molecular complexity index is 362. The minimum Gasteiger partial charge on any atom is -0.486 e. The number of nitrogens with one attached hydrogen (secondary N) is 1. The normalized spacial score (nSPS) is 11.0. The van der Waals surface area contributed by atoms with Crippen molar-refractivity contribution in [3.05, 3.63) is 27.2 Å². The van der Waals surface area contributed by atoms with E-state index in [0.717, 1.165) is 33.9 Å². The van der Waals surface area contributed by atoms with E-state index in [9.17, 15) is 0 Å². The van der Waals surface area contributed by atoms with Crippen LogP contribution in [0.4, 0.5) is 0 Å². The first-order valence-electron chi connectivity index (χ1n) is 6.20. The Morgan fingerprint density at radius 2 is 2.06 bits per heavy atom. The molecule has 0 saturated carbocycles. The lowest BCUT2D eigenvalue weighted by Crippen LogP contribution is -3.09. The minimum absolute atomic E-state index is 0.712. The summed E-state index contributed by atoms with van der Waals surface area (Å²) in [6.07, 6.45) is 0. The topological polar surface area (TPSA) is 30.3 Å². The fourth-order valence-corrected chi connectivity index (χ4v) is 2.73. The number of halogens is 2. The second-order valence-corrected chi connectivity index (χ2v) is 6.00. The summed E-state index contributed by atoms with van der Waals surface area (Å²) in [4.78, 5) is 1.48. The van der Waals surface area contributed by atoms with Crippen LogP contribution in [-0.4, -0.2) is 40.3 Å². The number of quaternary nitrogens is 2. The molecule has 0 fully saturated rings. The maximum absolute atomic E-state index is 5.96. The summed E-state index contributed by atoms with van der Waals surface area (Å²) >= 11 is 9.44. The molecule has 1 rings (SSSR count). The standard InChI is InChI=1S/C13H20BrClN2O/c1-10-8-11(15)9-12(14)13(10)18-7-5-16-4-6-17(2)3/h8-9,16H,4-7H2,1-3H3/p+2. The number of benzene rings is 1. The number of hydrogen-bond acceptors (Lipinski definition) is 1. The average molecular weight is 338 g/mol. The van der Waals surface area contributed by atoms with Crippen LogP contribution in [0.25, 0.3) is 0 Å². The summed E-state index contributed by atoms with van der Waals surface area (Å²) in [6.45, 7) is 5.99. The van der Waals surface area contributed by atoms with Crippen LogP contribution in [0.15, 0.2) is 16.6 Å². The summed E-state index contributed by atoms with van der Waals surface area (Å²) in [7, 11) is 4.33. The first kappa shape index (κ1) is 15.8. The van der Waals surface area contributed by atoms with E-state index in [1.165, 1.54) is 11.4 Å². The first-order valence-corrected chi connectivity index (χ1v) is 7.37. The highest BCUT2D eigenvalue weighted by Crippen LogP contribution is 2.31. The van der Waals surface area contributed by atoms with Gasteiger partial charge in [0.25, 0.3) is 0 Å². The zero-order valence-electron chi connectivity index (χ0n) is 11.2. The number of rotatable bonds is 7. The molecule has 0 saturated heterocycles. The molecule has 0 aliphatic heterocycles. The molecule has 0 aliphatic carbocycles. The zero-order valence-corrected chi connectivity index (χ0v) is 13.6. The first-order chi connectivity index (χ1) is 8.50. The number of aryl methyl sites for hydroxylation is 1. The number of likely N-dealkylation sites (N-methyl/N-ethyl adjacent to an activating group) is 1. The van der Waals surface area contributed by atoms with E-state index in [0.29, 0.717) is 6.61 Å². The molecule has 0 bridgehead atoms. The van der Waals surface area contributed by atoms with Gasteiger partial charge < -0.3 is 15.0 Å². The van der Waals surface area contributed by atoms with Crippen molar-refractivity contribution < 1.29 is 15.0 Å². The van der Waals surface area contributed by atoms with Crippen molar-refractivity contribution >= 4 is 27.5 Å². The summed E-state index contributed by atoms with van der Waals surface area (Å²) in [5.74, 6) is 0.894. The number of ether oxygens (including phenoxy) is 1. The van der Waals surface area contributed by atoms with Crippen molar-refractivity contribution in [1.82, 2.24) is 0 Å². The fraction of sp³-hybridized carbons (Fsp3) is 0.538. The second kappa shape index (κ2) is 8.00. The van der Waals surface area contributed by atoms with E-state index in [-0.39, 0.29) is 0 Å². The van der Waals surface area contributed by atoms with Gasteiger partial charge in [-0.3, -0.25) is 0 Å². The smallest absolute Gasteiger partial charge is 0.137 e. The highest BCUT2D eigenvalue weighted by Gasteiger charge is 2.07. The zero-order chi connectivity index (χ0) is 13.5. The largest absolute Gasteiger partial charge is 0.486 e. The minimum atomic E-state index is 0.712. The molecule has 0 amide bonds. The third kappa shape index (κ3) is 5.57. The van der Waals surface area contributed by atoms with E-state index in [1.807, 2.05) is 19.1 Å². The van der Waals surface area contributed by atoms with Crippen molar-refractivity contribution in [3.63, 3.8) is 0 Å². The molecule has 102 valence electrons. The SMILES string of the molecule is Cc1cc(Cl)cc(Br)c1OCC[NH2+]CC[NH+](C)C. The Balaban J connectivity index is 2.31. The van der Waals surface area contributed by atoms with Crippen LogP contribution in [0.2, 0.25) is 5.02 Å². The van der Waals surface area contributed by atoms with E-state index in [1.54, 1.807) is 0 Å². The summed E-state index contributed by atoms with van der Waals surface area (Å²) in [5.41, 5.74) is 1.06. The highest BCUT2D eigenvalue weighted by molar-refractivity contribution is 9.10. The molecular weight excluding hydrogens is 316 g/mol. The van der Waals surface area contributed by atoms with Crippen molar-refractivity contribution in [1.29, 1.82) is 0 Å². The summed E-state index contributed by atoms with van der Waals surface area (Å²) in [5, 5.41) is 3.01. The monoisotopic (exact) mass is 336 g/mol. The van der Waals surface area contributed by atoms with Crippen LogP contribution >= 0.6 is 27.5 Å². The Kier molecular flexibility index (Phi) is 7.00. The van der Waals surface area contributed by atoms with Crippen LogP contribution < -0.4 is 15.0 Å². The molecule has 0 heterocycles. The Morgan fingerprint density at radius 1 is 1.33 bits per heavy atom. The van der Waals surface area contributed by atoms with Crippen molar-refractivity contribution in [2.24, 2.45) is 0 Å². The van der Waals surface area contributed by atoms with Crippen LogP contribution in [0, 0.1) is 6.92 Å². The maximum Gasteiger partial charge on any atom is 0.137 e. The van der Waals surface area contributed by atoms with Crippen molar-refractivity contribution in [2.45, 2.75) is 6.92 Å². The van der Waals surface area contributed by atoms with Gasteiger partial charge in [-0.25, -0.2) is 0 Å². The predicted octanol–water partition coefficient (Wildman–Crippen LogP) is 0.498.